The van der Waals surface area contributed by atoms with Gasteiger partial charge in [0.15, 0.2) is 5.82 Å². The van der Waals surface area contributed by atoms with E-state index in [1.54, 1.807) is 11.3 Å². The summed E-state index contributed by atoms with van der Waals surface area (Å²) in [6.45, 7) is 4.34. The lowest BCUT2D eigenvalue weighted by atomic mass is 10.1. The number of aromatic nitrogens is 2. The van der Waals surface area contributed by atoms with Crippen molar-refractivity contribution in [3.8, 4) is 11.4 Å². The normalized spacial score (nSPS) is 11.4. The zero-order valence-corrected chi connectivity index (χ0v) is 14.3. The summed E-state index contributed by atoms with van der Waals surface area (Å²) in [4.78, 5) is 9.19. The number of hydrogen-bond donors (Lipinski definition) is 1. The molecule has 2 heterocycles. The van der Waals surface area contributed by atoms with E-state index >= 15 is 0 Å². The third-order valence-electron chi connectivity index (χ3n) is 3.27. The second kappa shape index (κ2) is 5.73. The van der Waals surface area contributed by atoms with Crippen LogP contribution in [0.5, 0.6) is 0 Å². The van der Waals surface area contributed by atoms with Crippen molar-refractivity contribution >= 4 is 43.2 Å². The van der Waals surface area contributed by atoms with Crippen molar-refractivity contribution in [2.45, 2.75) is 20.3 Å². The average molecular weight is 362 g/mol. The maximum absolute atomic E-state index is 6.05. The van der Waals surface area contributed by atoms with E-state index in [0.29, 0.717) is 17.6 Å². The van der Waals surface area contributed by atoms with Crippen LogP contribution in [0.15, 0.2) is 34.1 Å². The molecule has 108 valence electrons. The third kappa shape index (κ3) is 2.80. The summed E-state index contributed by atoms with van der Waals surface area (Å²) in [7, 11) is 0. The standard InChI is InChI=1S/C16H16BrN3S/c1-9(2)7-12-14(17)15(18)20-16(19-12)11-8-21-13-6-4-3-5-10(11)13/h3-6,8-9H,7H2,1-2H3,(H2,18,19,20). The van der Waals surface area contributed by atoms with Gasteiger partial charge in [0.05, 0.1) is 10.2 Å². The van der Waals surface area contributed by atoms with Gasteiger partial charge < -0.3 is 5.73 Å². The van der Waals surface area contributed by atoms with Gasteiger partial charge in [-0.25, -0.2) is 9.97 Å². The quantitative estimate of drug-likeness (QED) is 0.721. The van der Waals surface area contributed by atoms with Crippen LogP contribution in [0.1, 0.15) is 19.5 Å². The third-order valence-corrected chi connectivity index (χ3v) is 5.10. The van der Waals surface area contributed by atoms with E-state index in [1.807, 2.05) is 12.1 Å². The highest BCUT2D eigenvalue weighted by Crippen LogP contribution is 2.34. The van der Waals surface area contributed by atoms with Gasteiger partial charge >= 0.3 is 0 Å². The first-order valence-corrected chi connectivity index (χ1v) is 8.52. The lowest BCUT2D eigenvalue weighted by molar-refractivity contribution is 0.633. The second-order valence-electron chi connectivity index (χ2n) is 5.44. The Labute approximate surface area is 136 Å². The van der Waals surface area contributed by atoms with Gasteiger partial charge in [0.1, 0.15) is 5.82 Å². The Hall–Kier alpha value is -1.46. The van der Waals surface area contributed by atoms with Crippen LogP contribution in [0.3, 0.4) is 0 Å². The topological polar surface area (TPSA) is 51.8 Å². The Bertz CT molecular complexity index is 795. The van der Waals surface area contributed by atoms with Crippen LogP contribution in [0.25, 0.3) is 21.5 Å². The van der Waals surface area contributed by atoms with Crippen molar-refractivity contribution in [2.75, 3.05) is 5.73 Å². The number of nitrogens with two attached hydrogens (primary N) is 1. The van der Waals surface area contributed by atoms with Crippen LogP contribution >= 0.6 is 27.3 Å². The molecule has 0 fully saturated rings. The molecule has 0 atom stereocenters. The molecule has 2 N–H and O–H groups in total. The molecule has 2 aromatic heterocycles. The Morgan fingerprint density at radius 1 is 1.24 bits per heavy atom. The van der Waals surface area contributed by atoms with Crippen molar-refractivity contribution < 1.29 is 0 Å². The Balaban J connectivity index is 2.16. The van der Waals surface area contributed by atoms with Gasteiger partial charge in [-0.15, -0.1) is 11.3 Å². The first kappa shape index (κ1) is 14.5. The summed E-state index contributed by atoms with van der Waals surface area (Å²) in [6.07, 6.45) is 0.877. The second-order valence-corrected chi connectivity index (χ2v) is 7.14. The van der Waals surface area contributed by atoms with Crippen LogP contribution in [0, 0.1) is 5.92 Å². The molecule has 0 amide bonds. The molecule has 1 aromatic carbocycles. The monoisotopic (exact) mass is 361 g/mol. The summed E-state index contributed by atoms with van der Waals surface area (Å²) in [5.41, 5.74) is 8.08. The molecule has 0 radical (unpaired) electrons. The fourth-order valence-corrected chi connectivity index (χ4v) is 3.58. The zero-order valence-electron chi connectivity index (χ0n) is 11.9. The van der Waals surface area contributed by atoms with Crippen molar-refractivity contribution in [3.05, 3.63) is 39.8 Å². The fourth-order valence-electron chi connectivity index (χ4n) is 2.31. The van der Waals surface area contributed by atoms with E-state index in [2.05, 4.69) is 52.3 Å². The van der Waals surface area contributed by atoms with E-state index in [9.17, 15) is 0 Å². The van der Waals surface area contributed by atoms with Gasteiger partial charge in [0, 0.05) is 21.0 Å². The van der Waals surface area contributed by atoms with Gasteiger partial charge in [0.2, 0.25) is 0 Å². The molecule has 0 unspecified atom stereocenters. The molecule has 3 rings (SSSR count). The number of nitrogens with zero attached hydrogens (tertiary/aromatic N) is 2. The molecule has 3 nitrogen and oxygen atoms in total. The van der Waals surface area contributed by atoms with Crippen LogP contribution in [0.2, 0.25) is 0 Å². The molecular weight excluding hydrogens is 346 g/mol. The van der Waals surface area contributed by atoms with E-state index in [0.717, 1.165) is 22.2 Å². The minimum absolute atomic E-state index is 0.505. The number of halogens is 1. The minimum Gasteiger partial charge on any atom is -0.383 e. The summed E-state index contributed by atoms with van der Waals surface area (Å²) in [5.74, 6) is 1.73. The van der Waals surface area contributed by atoms with Crippen LogP contribution < -0.4 is 5.73 Å². The highest BCUT2D eigenvalue weighted by Gasteiger charge is 2.15. The SMILES string of the molecule is CC(C)Cc1nc(-c2csc3ccccc23)nc(N)c1Br. The largest absolute Gasteiger partial charge is 0.383 e. The predicted molar refractivity (Wildman–Crippen MR) is 93.5 cm³/mol. The number of thiophene rings is 1. The van der Waals surface area contributed by atoms with Crippen molar-refractivity contribution in [1.29, 1.82) is 0 Å². The van der Waals surface area contributed by atoms with Crippen molar-refractivity contribution in [3.63, 3.8) is 0 Å². The number of fused-ring (bicyclic) bond motifs is 1. The molecule has 0 aliphatic heterocycles. The van der Waals surface area contributed by atoms with E-state index in [1.165, 1.54) is 10.1 Å². The smallest absolute Gasteiger partial charge is 0.163 e. The maximum Gasteiger partial charge on any atom is 0.163 e. The van der Waals surface area contributed by atoms with Gasteiger partial charge in [0.25, 0.3) is 0 Å². The molecule has 0 aliphatic carbocycles. The summed E-state index contributed by atoms with van der Waals surface area (Å²) in [5, 5.41) is 3.28. The predicted octanol–water partition coefficient (Wildman–Crippen LogP) is 4.90. The molecule has 21 heavy (non-hydrogen) atoms. The minimum atomic E-state index is 0.505. The zero-order chi connectivity index (χ0) is 15.0. The lowest BCUT2D eigenvalue weighted by Crippen LogP contribution is -2.05. The van der Waals surface area contributed by atoms with E-state index < -0.39 is 0 Å². The van der Waals surface area contributed by atoms with Gasteiger partial charge in [-0.3, -0.25) is 0 Å². The van der Waals surface area contributed by atoms with Crippen LogP contribution in [0.4, 0.5) is 5.82 Å². The lowest BCUT2D eigenvalue weighted by Gasteiger charge is -2.10. The fraction of sp³-hybridized carbons (Fsp3) is 0.250. The molecule has 0 saturated heterocycles. The van der Waals surface area contributed by atoms with Gasteiger partial charge in [-0.2, -0.15) is 0 Å². The van der Waals surface area contributed by atoms with E-state index in [-0.39, 0.29) is 0 Å². The first-order chi connectivity index (χ1) is 10.1. The summed E-state index contributed by atoms with van der Waals surface area (Å²) < 4.78 is 2.06. The summed E-state index contributed by atoms with van der Waals surface area (Å²) >= 11 is 5.21. The highest BCUT2D eigenvalue weighted by atomic mass is 79.9. The van der Waals surface area contributed by atoms with E-state index in [4.69, 9.17) is 10.7 Å². The van der Waals surface area contributed by atoms with Crippen molar-refractivity contribution in [1.82, 2.24) is 9.97 Å². The van der Waals surface area contributed by atoms with Crippen LogP contribution in [-0.2, 0) is 6.42 Å². The molecular formula is C16H16BrN3S. The first-order valence-electron chi connectivity index (χ1n) is 6.84. The average Bonchev–Trinajstić information content (AvgIpc) is 2.87. The Kier molecular flexibility index (Phi) is 3.95. The molecule has 3 aromatic rings. The van der Waals surface area contributed by atoms with Crippen molar-refractivity contribution in [2.24, 2.45) is 5.92 Å². The molecule has 0 aliphatic rings. The molecule has 0 spiro atoms. The number of nitrogen functional groups attached to an aromatic ring is 1. The highest BCUT2D eigenvalue weighted by molar-refractivity contribution is 9.10. The number of hydrogen-bond acceptors (Lipinski definition) is 4. The van der Waals surface area contributed by atoms with Gasteiger partial charge in [-0.05, 0) is 34.3 Å². The van der Waals surface area contributed by atoms with Crippen LogP contribution in [-0.4, -0.2) is 9.97 Å². The number of benzene rings is 1. The number of anilines is 1. The Morgan fingerprint density at radius 2 is 2.00 bits per heavy atom. The maximum atomic E-state index is 6.05. The Morgan fingerprint density at radius 3 is 2.76 bits per heavy atom. The molecule has 0 bridgehead atoms. The molecule has 5 heteroatoms. The molecule has 0 saturated carbocycles. The number of rotatable bonds is 3. The van der Waals surface area contributed by atoms with Gasteiger partial charge in [-0.1, -0.05) is 32.0 Å². The summed E-state index contributed by atoms with van der Waals surface area (Å²) in [6, 6.07) is 8.30.